The molecule has 0 bridgehead atoms. The zero-order valence-electron chi connectivity index (χ0n) is 13.7. The number of hydrogen-bond acceptors (Lipinski definition) is 5. The van der Waals surface area contributed by atoms with Gasteiger partial charge in [-0.05, 0) is 17.7 Å². The van der Waals surface area contributed by atoms with Gasteiger partial charge in [-0.3, -0.25) is 4.79 Å². The molecule has 0 saturated carbocycles. The van der Waals surface area contributed by atoms with E-state index in [9.17, 15) is 4.79 Å². The predicted molar refractivity (Wildman–Crippen MR) is 93.1 cm³/mol. The first-order chi connectivity index (χ1) is 11.5. The first-order valence-corrected chi connectivity index (χ1v) is 7.76. The molecule has 0 aliphatic rings. The van der Waals surface area contributed by atoms with Crippen molar-refractivity contribution in [1.29, 1.82) is 0 Å². The third-order valence-electron chi connectivity index (χ3n) is 3.77. The number of aromatic nitrogens is 3. The van der Waals surface area contributed by atoms with E-state index in [4.69, 9.17) is 16.3 Å². The number of hydrogen-bond donors (Lipinski definition) is 0. The maximum absolute atomic E-state index is 11.7. The summed E-state index contributed by atoms with van der Waals surface area (Å²) in [7, 11) is 3.58. The molecule has 3 rings (SSSR count). The average molecular weight is 345 g/mol. The molecule has 0 radical (unpaired) electrons. The highest BCUT2D eigenvalue weighted by atomic mass is 35.5. The van der Waals surface area contributed by atoms with Crippen LogP contribution in [0.1, 0.15) is 23.0 Å². The van der Waals surface area contributed by atoms with Crippen LogP contribution in [0, 0.1) is 0 Å². The molecule has 2 heterocycles. The third-order valence-corrected chi connectivity index (χ3v) is 3.95. The molecule has 0 aliphatic heterocycles. The smallest absolute Gasteiger partial charge is 0.179 e. The predicted octanol–water partition coefficient (Wildman–Crippen LogP) is 3.23. The van der Waals surface area contributed by atoms with E-state index in [0.717, 1.165) is 17.0 Å². The fraction of sp³-hybridized carbons (Fsp3) is 0.235. The number of carbonyl (C=O) groups is 1. The lowest BCUT2D eigenvalue weighted by atomic mass is 10.2. The Balaban J connectivity index is 1.96. The number of halogens is 1. The van der Waals surface area contributed by atoms with Crippen molar-refractivity contribution in [2.75, 3.05) is 19.1 Å². The van der Waals surface area contributed by atoms with Gasteiger partial charge < -0.3 is 9.64 Å². The number of ether oxygens (including phenoxy) is 1. The summed E-state index contributed by atoms with van der Waals surface area (Å²) < 4.78 is 6.66. The summed E-state index contributed by atoms with van der Waals surface area (Å²) >= 11 is 6.13. The van der Waals surface area contributed by atoms with Gasteiger partial charge in [0.05, 0.1) is 19.0 Å². The van der Waals surface area contributed by atoms with Crippen molar-refractivity contribution >= 4 is 28.7 Å². The van der Waals surface area contributed by atoms with Crippen LogP contribution in [0.3, 0.4) is 0 Å². The molecule has 0 saturated heterocycles. The number of methoxy groups -OCH3 is 1. The molecular weight excluding hydrogens is 328 g/mol. The van der Waals surface area contributed by atoms with Crippen molar-refractivity contribution in [2.24, 2.45) is 0 Å². The van der Waals surface area contributed by atoms with Crippen LogP contribution in [0.25, 0.3) is 5.65 Å². The molecule has 124 valence electrons. The Kier molecular flexibility index (Phi) is 4.40. The number of benzene rings is 1. The number of imidazole rings is 1. The van der Waals surface area contributed by atoms with Gasteiger partial charge in [0.2, 0.25) is 0 Å². The number of Topliss-reactive ketones (excluding diaryl/α,β-unsaturated/α-hetero) is 1. The van der Waals surface area contributed by atoms with Crippen LogP contribution in [-0.4, -0.2) is 34.5 Å². The van der Waals surface area contributed by atoms with Crippen LogP contribution < -0.4 is 9.64 Å². The van der Waals surface area contributed by atoms with Crippen molar-refractivity contribution in [3.63, 3.8) is 0 Å². The molecule has 0 spiro atoms. The topological polar surface area (TPSA) is 59.7 Å². The van der Waals surface area contributed by atoms with E-state index in [2.05, 4.69) is 10.1 Å². The lowest BCUT2D eigenvalue weighted by molar-refractivity contribution is 0.101. The standard InChI is InChI=1S/C17H17ClN4O2/c1-11(23)15-9-19-17-14(8-16(18)20-22(15)17)21(2)10-12-4-6-13(24-3)7-5-12/h4-9H,10H2,1-3H3. The zero-order valence-corrected chi connectivity index (χ0v) is 14.4. The van der Waals surface area contributed by atoms with Gasteiger partial charge in [0.25, 0.3) is 0 Å². The molecule has 0 aliphatic carbocycles. The molecule has 0 atom stereocenters. The second kappa shape index (κ2) is 6.49. The molecule has 1 aromatic carbocycles. The Morgan fingerprint density at radius 2 is 2.04 bits per heavy atom. The van der Waals surface area contributed by atoms with Crippen LogP contribution in [0.2, 0.25) is 5.15 Å². The van der Waals surface area contributed by atoms with Crippen LogP contribution >= 0.6 is 11.6 Å². The monoisotopic (exact) mass is 344 g/mol. The lowest BCUT2D eigenvalue weighted by Gasteiger charge is -2.20. The van der Waals surface area contributed by atoms with E-state index in [-0.39, 0.29) is 5.78 Å². The molecular formula is C17H17ClN4O2. The van der Waals surface area contributed by atoms with E-state index < -0.39 is 0 Å². The number of fused-ring (bicyclic) bond motifs is 1. The van der Waals surface area contributed by atoms with E-state index in [1.165, 1.54) is 17.6 Å². The number of rotatable bonds is 5. The SMILES string of the molecule is COc1ccc(CN(C)c2cc(Cl)nn3c(C(C)=O)cnc23)cc1. The summed E-state index contributed by atoms with van der Waals surface area (Å²) in [5.74, 6) is 0.705. The summed E-state index contributed by atoms with van der Waals surface area (Å²) in [4.78, 5) is 18.0. The lowest BCUT2D eigenvalue weighted by Crippen LogP contribution is -2.18. The molecule has 0 N–H and O–H groups in total. The summed E-state index contributed by atoms with van der Waals surface area (Å²) in [6.45, 7) is 2.13. The molecule has 0 amide bonds. The van der Waals surface area contributed by atoms with Gasteiger partial charge in [-0.2, -0.15) is 5.10 Å². The average Bonchev–Trinajstić information content (AvgIpc) is 2.98. The second-order valence-electron chi connectivity index (χ2n) is 5.49. The number of anilines is 1. The molecule has 2 aromatic heterocycles. The van der Waals surface area contributed by atoms with Crippen LogP contribution in [0.5, 0.6) is 5.75 Å². The van der Waals surface area contributed by atoms with Gasteiger partial charge in [0.1, 0.15) is 11.4 Å². The van der Waals surface area contributed by atoms with Crippen LogP contribution in [0.15, 0.2) is 36.5 Å². The quantitative estimate of drug-likeness (QED) is 0.665. The molecule has 0 unspecified atom stereocenters. The van der Waals surface area contributed by atoms with E-state index in [0.29, 0.717) is 23.0 Å². The minimum atomic E-state index is -0.110. The Bertz CT molecular complexity index is 889. The first-order valence-electron chi connectivity index (χ1n) is 7.39. The number of ketones is 1. The van der Waals surface area contributed by atoms with Crippen molar-refractivity contribution in [1.82, 2.24) is 14.6 Å². The molecule has 0 fully saturated rings. The summed E-state index contributed by atoms with van der Waals surface area (Å²) in [5, 5.41) is 4.49. The van der Waals surface area contributed by atoms with Crippen molar-refractivity contribution < 1.29 is 9.53 Å². The van der Waals surface area contributed by atoms with Gasteiger partial charge in [-0.1, -0.05) is 23.7 Å². The number of nitrogens with zero attached hydrogens (tertiary/aromatic N) is 4. The summed E-state index contributed by atoms with van der Waals surface area (Å²) in [6, 6.07) is 9.59. The molecule has 3 aromatic rings. The van der Waals surface area contributed by atoms with E-state index >= 15 is 0 Å². The summed E-state index contributed by atoms with van der Waals surface area (Å²) in [5.41, 5.74) is 2.92. The minimum absolute atomic E-state index is 0.110. The molecule has 7 heteroatoms. The fourth-order valence-electron chi connectivity index (χ4n) is 2.53. The highest BCUT2D eigenvalue weighted by molar-refractivity contribution is 6.29. The highest BCUT2D eigenvalue weighted by Gasteiger charge is 2.16. The zero-order chi connectivity index (χ0) is 17.3. The second-order valence-corrected chi connectivity index (χ2v) is 5.88. The largest absolute Gasteiger partial charge is 0.497 e. The van der Waals surface area contributed by atoms with Gasteiger partial charge in [-0.25, -0.2) is 9.50 Å². The third kappa shape index (κ3) is 3.05. The Morgan fingerprint density at radius 3 is 2.67 bits per heavy atom. The van der Waals surface area contributed by atoms with E-state index in [1.54, 1.807) is 13.2 Å². The Morgan fingerprint density at radius 1 is 1.33 bits per heavy atom. The molecule has 6 nitrogen and oxygen atoms in total. The van der Waals surface area contributed by atoms with Crippen LogP contribution in [0.4, 0.5) is 5.69 Å². The van der Waals surface area contributed by atoms with Gasteiger partial charge in [0, 0.05) is 26.6 Å². The van der Waals surface area contributed by atoms with Crippen LogP contribution in [-0.2, 0) is 6.54 Å². The van der Waals surface area contributed by atoms with Gasteiger partial charge in [0.15, 0.2) is 16.6 Å². The van der Waals surface area contributed by atoms with Gasteiger partial charge >= 0.3 is 0 Å². The normalized spacial score (nSPS) is 10.8. The molecule has 24 heavy (non-hydrogen) atoms. The van der Waals surface area contributed by atoms with E-state index in [1.807, 2.05) is 36.2 Å². The number of carbonyl (C=O) groups excluding carboxylic acids is 1. The first kappa shape index (κ1) is 16.3. The van der Waals surface area contributed by atoms with Gasteiger partial charge in [-0.15, -0.1) is 0 Å². The fourth-order valence-corrected chi connectivity index (χ4v) is 2.71. The van der Waals surface area contributed by atoms with Crippen molar-refractivity contribution in [3.05, 3.63) is 52.9 Å². The van der Waals surface area contributed by atoms with Crippen molar-refractivity contribution in [3.8, 4) is 5.75 Å². The maximum atomic E-state index is 11.7. The Labute approximate surface area is 144 Å². The maximum Gasteiger partial charge on any atom is 0.179 e. The Hall–Kier alpha value is -2.60. The highest BCUT2D eigenvalue weighted by Crippen LogP contribution is 2.25. The van der Waals surface area contributed by atoms with Crippen molar-refractivity contribution in [2.45, 2.75) is 13.5 Å². The minimum Gasteiger partial charge on any atom is -0.497 e. The summed E-state index contributed by atoms with van der Waals surface area (Å²) in [6.07, 6.45) is 1.52.